The summed E-state index contributed by atoms with van der Waals surface area (Å²) in [7, 11) is 0. The summed E-state index contributed by atoms with van der Waals surface area (Å²) >= 11 is 4.92. The molecule has 2 aromatic carbocycles. The van der Waals surface area contributed by atoms with Crippen molar-refractivity contribution in [2.24, 2.45) is 0 Å². The van der Waals surface area contributed by atoms with E-state index in [9.17, 15) is 14.0 Å². The number of nitrogens with zero attached hydrogens (tertiary/aromatic N) is 1. The number of carbonyl (C=O) groups excluding carboxylic acids is 2. The predicted octanol–water partition coefficient (Wildman–Crippen LogP) is 4.11. The molecule has 8 heteroatoms. The van der Waals surface area contributed by atoms with E-state index < -0.39 is 5.82 Å². The summed E-state index contributed by atoms with van der Waals surface area (Å²) in [5, 5.41) is 8.12. The van der Waals surface area contributed by atoms with Crippen LogP contribution in [0, 0.1) is 12.7 Å². The molecule has 1 heterocycles. The normalized spacial score (nSPS) is 10.6. The zero-order valence-electron chi connectivity index (χ0n) is 15.7. The van der Waals surface area contributed by atoms with Crippen LogP contribution in [0.2, 0.25) is 0 Å². The quantitative estimate of drug-likeness (QED) is 0.505. The lowest BCUT2D eigenvalue weighted by atomic mass is 10.1. The zero-order chi connectivity index (χ0) is 20.8. The average molecular weight is 476 g/mol. The summed E-state index contributed by atoms with van der Waals surface area (Å²) < 4.78 is 14.5. The molecule has 0 aliphatic carbocycles. The predicted molar refractivity (Wildman–Crippen MR) is 115 cm³/mol. The number of halogens is 2. The standard InChI is InChI=1S/C21H19BrFN3O2S/c1-13-5-6-14(10-18(13)23)20(28)25-8-7-24-19(27)11-17-12-29-21(26-17)15-3-2-4-16(22)9-15/h2-6,9-10,12H,7-8,11H2,1H3,(H,24,27)(H,25,28). The number of amides is 2. The molecule has 3 aromatic rings. The lowest BCUT2D eigenvalue weighted by Gasteiger charge is -2.07. The number of benzene rings is 2. The third-order valence-corrected chi connectivity index (χ3v) is 5.57. The fourth-order valence-corrected chi connectivity index (χ4v) is 3.80. The van der Waals surface area contributed by atoms with E-state index in [0.717, 1.165) is 15.0 Å². The number of aryl methyl sites for hydroxylation is 1. The van der Waals surface area contributed by atoms with Crippen molar-refractivity contribution in [1.29, 1.82) is 0 Å². The molecule has 0 atom stereocenters. The highest BCUT2D eigenvalue weighted by Crippen LogP contribution is 2.26. The minimum Gasteiger partial charge on any atom is -0.354 e. The summed E-state index contributed by atoms with van der Waals surface area (Å²) in [5.74, 6) is -0.973. The van der Waals surface area contributed by atoms with Crippen LogP contribution in [0.5, 0.6) is 0 Å². The molecule has 0 aliphatic rings. The molecule has 0 fully saturated rings. The summed E-state index contributed by atoms with van der Waals surface area (Å²) in [4.78, 5) is 28.6. The maximum Gasteiger partial charge on any atom is 0.251 e. The van der Waals surface area contributed by atoms with E-state index >= 15 is 0 Å². The van der Waals surface area contributed by atoms with Crippen LogP contribution < -0.4 is 10.6 Å². The van der Waals surface area contributed by atoms with Gasteiger partial charge in [0.05, 0.1) is 12.1 Å². The van der Waals surface area contributed by atoms with Crippen LogP contribution in [-0.4, -0.2) is 29.9 Å². The highest BCUT2D eigenvalue weighted by Gasteiger charge is 2.10. The largest absolute Gasteiger partial charge is 0.354 e. The van der Waals surface area contributed by atoms with Gasteiger partial charge in [-0.3, -0.25) is 9.59 Å². The SMILES string of the molecule is Cc1ccc(C(=O)NCCNC(=O)Cc2csc(-c3cccc(Br)c3)n2)cc1F. The van der Waals surface area contributed by atoms with Gasteiger partial charge in [-0.2, -0.15) is 0 Å². The fourth-order valence-electron chi connectivity index (χ4n) is 2.58. The van der Waals surface area contributed by atoms with Crippen molar-refractivity contribution in [2.75, 3.05) is 13.1 Å². The smallest absolute Gasteiger partial charge is 0.251 e. The van der Waals surface area contributed by atoms with Crippen LogP contribution in [-0.2, 0) is 11.2 Å². The second-order valence-corrected chi connectivity index (χ2v) is 8.17. The Balaban J connectivity index is 1.43. The first-order chi connectivity index (χ1) is 13.9. The van der Waals surface area contributed by atoms with Crippen LogP contribution in [0.1, 0.15) is 21.6 Å². The molecular weight excluding hydrogens is 457 g/mol. The number of carbonyl (C=O) groups is 2. The van der Waals surface area contributed by atoms with Gasteiger partial charge >= 0.3 is 0 Å². The molecule has 0 saturated carbocycles. The number of nitrogens with one attached hydrogen (secondary N) is 2. The zero-order valence-corrected chi connectivity index (χ0v) is 18.1. The molecule has 5 nitrogen and oxygen atoms in total. The van der Waals surface area contributed by atoms with E-state index in [1.807, 2.05) is 29.6 Å². The minimum absolute atomic E-state index is 0.168. The lowest BCUT2D eigenvalue weighted by Crippen LogP contribution is -2.35. The number of rotatable bonds is 7. The molecule has 0 spiro atoms. The molecule has 2 amide bonds. The second kappa shape index (κ2) is 9.76. The van der Waals surface area contributed by atoms with Crippen LogP contribution >= 0.6 is 27.3 Å². The monoisotopic (exact) mass is 475 g/mol. The van der Waals surface area contributed by atoms with Crippen LogP contribution in [0.15, 0.2) is 52.3 Å². The molecule has 3 rings (SSSR count). The van der Waals surface area contributed by atoms with Crippen molar-refractivity contribution in [3.8, 4) is 10.6 Å². The molecule has 1 aromatic heterocycles. The molecule has 0 radical (unpaired) electrons. The number of hydrogen-bond donors (Lipinski definition) is 2. The molecule has 29 heavy (non-hydrogen) atoms. The Labute approximate surface area is 180 Å². The topological polar surface area (TPSA) is 71.1 Å². The first-order valence-corrected chi connectivity index (χ1v) is 10.6. The Hall–Kier alpha value is -2.58. The maximum atomic E-state index is 13.5. The van der Waals surface area contributed by atoms with Crippen molar-refractivity contribution < 1.29 is 14.0 Å². The Kier molecular flexibility index (Phi) is 7.11. The molecule has 0 bridgehead atoms. The van der Waals surface area contributed by atoms with Gasteiger partial charge in [0.2, 0.25) is 5.91 Å². The summed E-state index contributed by atoms with van der Waals surface area (Å²) in [5.41, 5.74) is 2.42. The Morgan fingerprint density at radius 2 is 1.93 bits per heavy atom. The van der Waals surface area contributed by atoms with Gasteiger partial charge in [-0.15, -0.1) is 11.3 Å². The van der Waals surface area contributed by atoms with Crippen molar-refractivity contribution in [1.82, 2.24) is 15.6 Å². The highest BCUT2D eigenvalue weighted by atomic mass is 79.9. The van der Waals surface area contributed by atoms with Gasteiger partial charge in [0, 0.05) is 34.1 Å². The van der Waals surface area contributed by atoms with E-state index in [1.54, 1.807) is 19.1 Å². The third kappa shape index (κ3) is 5.95. The van der Waals surface area contributed by atoms with Gasteiger partial charge in [-0.25, -0.2) is 9.37 Å². The number of aromatic nitrogens is 1. The van der Waals surface area contributed by atoms with E-state index in [2.05, 4.69) is 31.5 Å². The van der Waals surface area contributed by atoms with Gasteiger partial charge in [0.25, 0.3) is 5.91 Å². The molecular formula is C21H19BrFN3O2S. The van der Waals surface area contributed by atoms with Crippen LogP contribution in [0.4, 0.5) is 4.39 Å². The number of thiazole rings is 1. The van der Waals surface area contributed by atoms with Crippen molar-refractivity contribution >= 4 is 39.1 Å². The summed E-state index contributed by atoms with van der Waals surface area (Å²) in [6.45, 7) is 2.17. The molecule has 0 unspecified atom stereocenters. The molecule has 0 saturated heterocycles. The van der Waals surface area contributed by atoms with E-state index in [4.69, 9.17) is 0 Å². The van der Waals surface area contributed by atoms with Gasteiger partial charge in [-0.05, 0) is 36.8 Å². The maximum absolute atomic E-state index is 13.5. The highest BCUT2D eigenvalue weighted by molar-refractivity contribution is 9.10. The van der Waals surface area contributed by atoms with Crippen LogP contribution in [0.3, 0.4) is 0 Å². The van der Waals surface area contributed by atoms with E-state index in [1.165, 1.54) is 17.4 Å². The second-order valence-electron chi connectivity index (χ2n) is 6.40. The first kappa shape index (κ1) is 21.1. The number of hydrogen-bond acceptors (Lipinski definition) is 4. The van der Waals surface area contributed by atoms with Crippen LogP contribution in [0.25, 0.3) is 10.6 Å². The Morgan fingerprint density at radius 3 is 2.69 bits per heavy atom. The van der Waals surface area contributed by atoms with E-state index in [0.29, 0.717) is 11.3 Å². The van der Waals surface area contributed by atoms with E-state index in [-0.39, 0.29) is 36.9 Å². The van der Waals surface area contributed by atoms with Gasteiger partial charge in [0.15, 0.2) is 0 Å². The average Bonchev–Trinajstić information content (AvgIpc) is 3.15. The van der Waals surface area contributed by atoms with Crippen molar-refractivity contribution in [3.05, 3.63) is 75.0 Å². The Morgan fingerprint density at radius 1 is 1.14 bits per heavy atom. The third-order valence-electron chi connectivity index (χ3n) is 4.13. The molecule has 2 N–H and O–H groups in total. The molecule has 0 aliphatic heterocycles. The molecule has 150 valence electrons. The minimum atomic E-state index is -0.420. The Bertz CT molecular complexity index is 1040. The van der Waals surface area contributed by atoms with Crippen molar-refractivity contribution in [3.63, 3.8) is 0 Å². The lowest BCUT2D eigenvalue weighted by molar-refractivity contribution is -0.120. The summed E-state index contributed by atoms with van der Waals surface area (Å²) in [6, 6.07) is 12.2. The first-order valence-electron chi connectivity index (χ1n) is 8.94. The fraction of sp³-hybridized carbons (Fsp3) is 0.190. The van der Waals surface area contributed by atoms with Gasteiger partial charge < -0.3 is 10.6 Å². The van der Waals surface area contributed by atoms with Gasteiger partial charge in [0.1, 0.15) is 10.8 Å². The summed E-state index contributed by atoms with van der Waals surface area (Å²) in [6.07, 6.45) is 0.168. The van der Waals surface area contributed by atoms with Gasteiger partial charge in [-0.1, -0.05) is 34.1 Å². The van der Waals surface area contributed by atoms with Crippen molar-refractivity contribution in [2.45, 2.75) is 13.3 Å².